The van der Waals surface area contributed by atoms with Crippen LogP contribution < -0.4 is 11.6 Å². The Hall–Kier alpha value is -2.18. The lowest BCUT2D eigenvalue weighted by Gasteiger charge is -1.94. The highest BCUT2D eigenvalue weighted by Crippen LogP contribution is 2.05. The Morgan fingerprint density at radius 3 is 2.92 bits per heavy atom. The highest BCUT2D eigenvalue weighted by molar-refractivity contribution is 5.90. The lowest BCUT2D eigenvalue weighted by molar-refractivity contribution is 0.0990. The summed E-state index contributed by atoms with van der Waals surface area (Å²) in [6, 6.07) is 0. The summed E-state index contributed by atoms with van der Waals surface area (Å²) in [6.07, 6.45) is 2.77. The number of nitrogen functional groups attached to an aromatic ring is 1. The van der Waals surface area contributed by atoms with E-state index in [1.54, 1.807) is 0 Å². The van der Waals surface area contributed by atoms with Crippen molar-refractivity contribution in [3.8, 4) is 0 Å². The topological polar surface area (TPSA) is 113 Å². The molecule has 0 aliphatic heterocycles. The summed E-state index contributed by atoms with van der Waals surface area (Å²) in [6.45, 7) is 0. The van der Waals surface area contributed by atoms with Crippen LogP contribution in [-0.2, 0) is 0 Å². The fraction of sp³-hybridized carbons (Fsp3) is 0. The quantitative estimate of drug-likeness (QED) is 0.523. The van der Waals surface area contributed by atoms with E-state index in [1.165, 1.54) is 17.2 Å². The molecule has 0 aliphatic rings. The number of imidazole rings is 1. The van der Waals surface area contributed by atoms with Gasteiger partial charge in [0.15, 0.2) is 5.65 Å². The molecule has 0 radical (unpaired) electrons. The van der Waals surface area contributed by atoms with E-state index in [9.17, 15) is 4.79 Å². The molecule has 0 spiro atoms. The van der Waals surface area contributed by atoms with Crippen LogP contribution in [0.3, 0.4) is 0 Å². The molecule has 4 N–H and O–H groups in total. The first-order valence-electron chi connectivity index (χ1n) is 3.43. The Balaban J connectivity index is 2.72. The summed E-state index contributed by atoms with van der Waals surface area (Å²) in [7, 11) is 0. The molecule has 2 aromatic rings. The number of primary amides is 1. The Kier molecular flexibility index (Phi) is 1.38. The van der Waals surface area contributed by atoms with Gasteiger partial charge in [0, 0.05) is 0 Å². The van der Waals surface area contributed by atoms with Gasteiger partial charge in [-0.1, -0.05) is 0 Å². The Morgan fingerprint density at radius 2 is 2.23 bits per heavy atom. The molecule has 13 heavy (non-hydrogen) atoms. The standard InChI is InChI=1S/C6H6N6O/c7-4(13)5-9-1-3-6(11-5)12(8)2-10-3/h1-2H,8H2,(H2,7,13). The van der Waals surface area contributed by atoms with Crippen LogP contribution in [-0.4, -0.2) is 25.5 Å². The number of carbonyl (C=O) groups is 1. The van der Waals surface area contributed by atoms with Gasteiger partial charge < -0.3 is 11.6 Å². The van der Waals surface area contributed by atoms with E-state index >= 15 is 0 Å². The number of rotatable bonds is 1. The zero-order valence-electron chi connectivity index (χ0n) is 6.51. The summed E-state index contributed by atoms with van der Waals surface area (Å²) >= 11 is 0. The molecule has 66 valence electrons. The van der Waals surface area contributed by atoms with Gasteiger partial charge in [0.1, 0.15) is 11.8 Å². The normalized spacial score (nSPS) is 10.5. The van der Waals surface area contributed by atoms with Crippen LogP contribution in [0.5, 0.6) is 0 Å². The molecule has 0 aliphatic carbocycles. The van der Waals surface area contributed by atoms with E-state index in [0.29, 0.717) is 11.2 Å². The number of fused-ring (bicyclic) bond motifs is 1. The van der Waals surface area contributed by atoms with Crippen LogP contribution in [0.4, 0.5) is 0 Å². The van der Waals surface area contributed by atoms with E-state index < -0.39 is 5.91 Å². The van der Waals surface area contributed by atoms with E-state index in [4.69, 9.17) is 11.6 Å². The van der Waals surface area contributed by atoms with Crippen LogP contribution in [0.25, 0.3) is 11.2 Å². The number of nitrogens with zero attached hydrogens (tertiary/aromatic N) is 4. The van der Waals surface area contributed by atoms with Gasteiger partial charge in [0.05, 0.1) is 6.20 Å². The zero-order chi connectivity index (χ0) is 9.42. The SMILES string of the molecule is NC(=O)c1ncc2ncn(N)c2n1. The average Bonchev–Trinajstić information content (AvgIpc) is 2.47. The van der Waals surface area contributed by atoms with Gasteiger partial charge in [-0.15, -0.1) is 0 Å². The van der Waals surface area contributed by atoms with Crippen LogP contribution in [0.15, 0.2) is 12.5 Å². The lowest BCUT2D eigenvalue weighted by atomic mass is 10.5. The van der Waals surface area contributed by atoms with Crippen molar-refractivity contribution in [2.24, 2.45) is 5.73 Å². The largest absolute Gasteiger partial charge is 0.363 e. The first kappa shape index (κ1) is 7.47. The predicted octanol–water partition coefficient (Wildman–Crippen LogP) is -1.36. The number of carbonyl (C=O) groups excluding carboxylic acids is 1. The first-order valence-corrected chi connectivity index (χ1v) is 3.43. The van der Waals surface area contributed by atoms with Crippen LogP contribution >= 0.6 is 0 Å². The Labute approximate surface area is 72.4 Å². The van der Waals surface area contributed by atoms with Gasteiger partial charge in [0.2, 0.25) is 5.82 Å². The Bertz CT molecular complexity index is 475. The molecular formula is C6H6N6O. The maximum atomic E-state index is 10.7. The minimum atomic E-state index is -0.692. The number of aromatic nitrogens is 4. The van der Waals surface area contributed by atoms with Gasteiger partial charge in [-0.05, 0) is 0 Å². The number of amides is 1. The molecular weight excluding hydrogens is 172 g/mol. The molecule has 0 aromatic carbocycles. The maximum absolute atomic E-state index is 10.7. The summed E-state index contributed by atoms with van der Waals surface area (Å²) in [5, 5.41) is 0. The lowest BCUT2D eigenvalue weighted by Crippen LogP contribution is -2.16. The molecule has 1 amide bonds. The fourth-order valence-electron chi connectivity index (χ4n) is 0.945. The van der Waals surface area contributed by atoms with Crippen LogP contribution in [0.2, 0.25) is 0 Å². The van der Waals surface area contributed by atoms with Crippen molar-refractivity contribution in [2.75, 3.05) is 5.84 Å². The van der Waals surface area contributed by atoms with Gasteiger partial charge in [-0.25, -0.2) is 19.6 Å². The minimum Gasteiger partial charge on any atom is -0.363 e. The Morgan fingerprint density at radius 1 is 1.46 bits per heavy atom. The second-order valence-electron chi connectivity index (χ2n) is 2.42. The third kappa shape index (κ3) is 1.06. The van der Waals surface area contributed by atoms with Crippen molar-refractivity contribution >= 4 is 17.1 Å². The molecule has 2 aromatic heterocycles. The smallest absolute Gasteiger partial charge is 0.286 e. The van der Waals surface area contributed by atoms with E-state index in [1.807, 2.05) is 0 Å². The maximum Gasteiger partial charge on any atom is 0.286 e. The minimum absolute atomic E-state index is 0.0697. The average molecular weight is 178 g/mol. The third-order valence-corrected chi connectivity index (χ3v) is 1.54. The molecule has 0 saturated carbocycles. The van der Waals surface area contributed by atoms with Crippen LogP contribution in [0.1, 0.15) is 10.6 Å². The van der Waals surface area contributed by atoms with E-state index in [2.05, 4.69) is 15.0 Å². The van der Waals surface area contributed by atoms with Crippen molar-refractivity contribution in [3.05, 3.63) is 18.3 Å². The summed E-state index contributed by atoms with van der Waals surface area (Å²) in [5.41, 5.74) is 5.89. The molecule has 7 nitrogen and oxygen atoms in total. The fourth-order valence-corrected chi connectivity index (χ4v) is 0.945. The zero-order valence-corrected chi connectivity index (χ0v) is 6.51. The number of hydrogen-bond donors (Lipinski definition) is 2. The highest BCUT2D eigenvalue weighted by atomic mass is 16.1. The molecule has 0 atom stereocenters. The molecule has 0 saturated heterocycles. The summed E-state index contributed by atoms with van der Waals surface area (Å²) < 4.78 is 1.20. The summed E-state index contributed by atoms with van der Waals surface area (Å²) in [4.78, 5) is 22.1. The molecule has 2 rings (SSSR count). The van der Waals surface area contributed by atoms with E-state index in [0.717, 1.165) is 0 Å². The monoisotopic (exact) mass is 178 g/mol. The first-order chi connectivity index (χ1) is 6.18. The van der Waals surface area contributed by atoms with Crippen molar-refractivity contribution in [2.45, 2.75) is 0 Å². The molecule has 0 bridgehead atoms. The van der Waals surface area contributed by atoms with Crippen LogP contribution in [0, 0.1) is 0 Å². The van der Waals surface area contributed by atoms with Crippen molar-refractivity contribution in [3.63, 3.8) is 0 Å². The third-order valence-electron chi connectivity index (χ3n) is 1.54. The number of nitrogens with two attached hydrogens (primary N) is 2. The highest BCUT2D eigenvalue weighted by Gasteiger charge is 2.08. The molecule has 2 heterocycles. The molecule has 7 heteroatoms. The van der Waals surface area contributed by atoms with E-state index in [-0.39, 0.29) is 5.82 Å². The van der Waals surface area contributed by atoms with Crippen molar-refractivity contribution in [1.29, 1.82) is 0 Å². The molecule has 0 fully saturated rings. The molecule has 0 unspecified atom stereocenters. The van der Waals surface area contributed by atoms with Gasteiger partial charge in [0.25, 0.3) is 5.91 Å². The van der Waals surface area contributed by atoms with Gasteiger partial charge in [-0.3, -0.25) is 4.79 Å². The summed E-state index contributed by atoms with van der Waals surface area (Å²) in [5.74, 6) is 4.70. The van der Waals surface area contributed by atoms with Crippen molar-refractivity contribution < 1.29 is 4.79 Å². The number of hydrogen-bond acceptors (Lipinski definition) is 5. The second kappa shape index (κ2) is 2.41. The van der Waals surface area contributed by atoms with Gasteiger partial charge in [-0.2, -0.15) is 0 Å². The second-order valence-corrected chi connectivity index (χ2v) is 2.42. The van der Waals surface area contributed by atoms with Crippen molar-refractivity contribution in [1.82, 2.24) is 19.6 Å². The van der Waals surface area contributed by atoms with Gasteiger partial charge >= 0.3 is 0 Å². The predicted molar refractivity (Wildman–Crippen MR) is 44.0 cm³/mol.